The average molecular weight is 921 g/mol. The van der Waals surface area contributed by atoms with Crippen molar-refractivity contribution in [2.24, 2.45) is 0 Å². The van der Waals surface area contributed by atoms with Crippen LogP contribution in [-0.2, 0) is 32.7 Å². The second kappa shape index (κ2) is 36.1. The van der Waals surface area contributed by atoms with Gasteiger partial charge in [0, 0.05) is 22.5 Å². The first-order chi connectivity index (χ1) is 25.8. The normalized spacial score (nSPS) is 14.7. The highest BCUT2D eigenvalue weighted by Crippen LogP contribution is 2.43. The lowest BCUT2D eigenvalue weighted by molar-refractivity contribution is -0.870. The van der Waals surface area contributed by atoms with Crippen LogP contribution in [0.3, 0.4) is 0 Å². The van der Waals surface area contributed by atoms with Gasteiger partial charge in [0.2, 0.25) is 0 Å². The molecule has 0 fully saturated rings. The van der Waals surface area contributed by atoms with E-state index in [1.807, 2.05) is 21.1 Å². The van der Waals surface area contributed by atoms with Gasteiger partial charge in [-0.25, -0.2) is 4.57 Å². The largest absolute Gasteiger partial charge is 0.472 e. The molecule has 0 saturated carbocycles. The smallest absolute Gasteiger partial charge is 0.462 e. The van der Waals surface area contributed by atoms with Gasteiger partial charge in [-0.15, -0.1) is 0 Å². The molecule has 1 N–H and O–H groups in total. The number of halogens is 2. The lowest BCUT2D eigenvalue weighted by Crippen LogP contribution is -2.37. The van der Waals surface area contributed by atoms with Crippen LogP contribution in [0.2, 0.25) is 0 Å². The fourth-order valence-electron chi connectivity index (χ4n) is 6.17. The van der Waals surface area contributed by atoms with Gasteiger partial charge in [0.05, 0.1) is 27.7 Å². The molecule has 0 aliphatic heterocycles. The highest BCUT2D eigenvalue weighted by atomic mass is 79.9. The van der Waals surface area contributed by atoms with E-state index in [2.05, 4.69) is 45.7 Å². The molecular formula is C42H83Br2NO8P+. The standard InChI is InChI=1S/C42H82Br2NO8P/c1-6-8-10-12-13-14-15-16-17-18-21-24-28-32-41(46)50-36-38(37-52-54(48,49)51-35-34-45(3,4)5)53-42(47)33-29-25-22-19-20-23-27-31-40(44)39(43)30-26-11-9-7-2/h38-40H,6-37H2,1-5H3/p+1/t38-,39?,40?/m1/s1. The Hall–Kier alpha value is -0.0300. The van der Waals surface area contributed by atoms with Crippen LogP contribution in [0.15, 0.2) is 0 Å². The monoisotopic (exact) mass is 918 g/mol. The molecule has 0 aliphatic carbocycles. The third-order valence-electron chi connectivity index (χ3n) is 9.74. The predicted octanol–water partition coefficient (Wildman–Crippen LogP) is 12.8. The highest BCUT2D eigenvalue weighted by Gasteiger charge is 2.27. The number of rotatable bonds is 40. The van der Waals surface area contributed by atoms with E-state index in [4.69, 9.17) is 18.5 Å². The third kappa shape index (κ3) is 37.5. The summed E-state index contributed by atoms with van der Waals surface area (Å²) in [5, 5.41) is 0. The Kier molecular flexibility index (Phi) is 36.1. The summed E-state index contributed by atoms with van der Waals surface area (Å²) in [5.74, 6) is -0.802. The number of carbonyl (C=O) groups is 2. The molecule has 0 radical (unpaired) electrons. The van der Waals surface area contributed by atoms with E-state index >= 15 is 0 Å². The topological polar surface area (TPSA) is 108 Å². The zero-order valence-corrected chi connectivity index (χ0v) is 39.4. The summed E-state index contributed by atoms with van der Waals surface area (Å²) in [5.41, 5.74) is 0. The van der Waals surface area contributed by atoms with Gasteiger partial charge >= 0.3 is 19.8 Å². The number of likely N-dealkylation sites (N-methyl/N-ethyl adjacent to an activating group) is 1. The van der Waals surface area contributed by atoms with Crippen LogP contribution in [0.5, 0.6) is 0 Å². The zero-order chi connectivity index (χ0) is 40.3. The molecule has 0 aliphatic rings. The number of nitrogens with zero attached hydrogens (tertiary/aromatic N) is 1. The molecule has 0 saturated heterocycles. The van der Waals surface area contributed by atoms with Gasteiger partial charge in [0.15, 0.2) is 6.10 Å². The lowest BCUT2D eigenvalue weighted by Gasteiger charge is -2.24. The highest BCUT2D eigenvalue weighted by molar-refractivity contribution is 9.12. The Bertz CT molecular complexity index is 938. The molecule has 0 rings (SSSR count). The molecule has 0 bridgehead atoms. The first kappa shape index (κ1) is 54.0. The summed E-state index contributed by atoms with van der Waals surface area (Å²) in [6.07, 6.45) is 30.5. The van der Waals surface area contributed by atoms with Crippen LogP contribution >= 0.6 is 39.7 Å². The van der Waals surface area contributed by atoms with Crippen LogP contribution in [0.1, 0.15) is 194 Å². The summed E-state index contributed by atoms with van der Waals surface area (Å²) in [4.78, 5) is 36.5. The van der Waals surface area contributed by atoms with E-state index in [0.29, 0.717) is 33.5 Å². The quantitative estimate of drug-likeness (QED) is 0.0213. The molecule has 0 amide bonds. The summed E-state index contributed by atoms with van der Waals surface area (Å²) in [6, 6.07) is 0. The second-order valence-electron chi connectivity index (χ2n) is 16.3. The lowest BCUT2D eigenvalue weighted by atomic mass is 10.0. The summed E-state index contributed by atoms with van der Waals surface area (Å²) in [7, 11) is 1.47. The summed E-state index contributed by atoms with van der Waals surface area (Å²) < 4.78 is 34.3. The molecule has 54 heavy (non-hydrogen) atoms. The zero-order valence-electron chi connectivity index (χ0n) is 35.3. The summed E-state index contributed by atoms with van der Waals surface area (Å²) >= 11 is 7.74. The molecular weight excluding hydrogens is 837 g/mol. The van der Waals surface area contributed by atoms with Crippen molar-refractivity contribution in [1.29, 1.82) is 0 Å². The Morgan fingerprint density at radius 1 is 0.574 bits per heavy atom. The van der Waals surface area contributed by atoms with E-state index in [0.717, 1.165) is 38.5 Å². The molecule has 0 aromatic rings. The third-order valence-corrected chi connectivity index (χ3v) is 13.6. The van der Waals surface area contributed by atoms with Gasteiger partial charge in [-0.05, 0) is 25.7 Å². The SMILES string of the molecule is CCCCCCCCCCCCCCCC(=O)OC[C@H](COP(=O)(O)OCC[N+](C)(C)C)OC(=O)CCCCCCCCCC(Br)C(Br)CCCCCC. The predicted molar refractivity (Wildman–Crippen MR) is 232 cm³/mol. The number of phosphoric acid groups is 1. The molecule has 3 unspecified atom stereocenters. The van der Waals surface area contributed by atoms with Gasteiger partial charge < -0.3 is 18.9 Å². The van der Waals surface area contributed by atoms with Gasteiger partial charge in [0.25, 0.3) is 0 Å². The molecule has 0 spiro atoms. The van der Waals surface area contributed by atoms with E-state index in [9.17, 15) is 19.0 Å². The molecule has 4 atom stereocenters. The van der Waals surface area contributed by atoms with Crippen LogP contribution in [-0.4, -0.2) is 84.6 Å². The van der Waals surface area contributed by atoms with E-state index in [-0.39, 0.29) is 25.6 Å². The number of alkyl halides is 2. The van der Waals surface area contributed by atoms with Crippen molar-refractivity contribution >= 4 is 51.6 Å². The van der Waals surface area contributed by atoms with Gasteiger partial charge in [-0.3, -0.25) is 18.6 Å². The summed E-state index contributed by atoms with van der Waals surface area (Å²) in [6.45, 7) is 4.41. The van der Waals surface area contributed by atoms with Crippen molar-refractivity contribution in [3.05, 3.63) is 0 Å². The molecule has 9 nitrogen and oxygen atoms in total. The van der Waals surface area contributed by atoms with Gasteiger partial charge in [-0.2, -0.15) is 0 Å². The van der Waals surface area contributed by atoms with Crippen molar-refractivity contribution < 1.29 is 42.1 Å². The molecule has 0 aromatic heterocycles. The van der Waals surface area contributed by atoms with Crippen molar-refractivity contribution in [3.63, 3.8) is 0 Å². The van der Waals surface area contributed by atoms with E-state index < -0.39 is 26.5 Å². The minimum atomic E-state index is -4.37. The first-order valence-corrected chi connectivity index (χ1v) is 25.2. The number of hydrogen-bond acceptors (Lipinski definition) is 7. The number of ether oxygens (including phenoxy) is 2. The van der Waals surface area contributed by atoms with E-state index in [1.54, 1.807) is 0 Å². The average Bonchev–Trinajstić information content (AvgIpc) is 3.11. The van der Waals surface area contributed by atoms with Gasteiger partial charge in [0.1, 0.15) is 19.8 Å². The minimum Gasteiger partial charge on any atom is -0.462 e. The van der Waals surface area contributed by atoms with Crippen molar-refractivity contribution in [2.45, 2.75) is 209 Å². The molecule has 322 valence electrons. The van der Waals surface area contributed by atoms with E-state index in [1.165, 1.54) is 122 Å². The number of carbonyl (C=O) groups excluding carboxylic acids is 2. The molecule has 0 aromatic carbocycles. The fourth-order valence-corrected chi connectivity index (χ4v) is 8.09. The minimum absolute atomic E-state index is 0.0311. The van der Waals surface area contributed by atoms with Crippen molar-refractivity contribution in [3.8, 4) is 0 Å². The molecule has 0 heterocycles. The number of esters is 2. The fraction of sp³-hybridized carbons (Fsp3) is 0.952. The number of phosphoric ester groups is 1. The number of quaternary nitrogens is 1. The number of hydrogen-bond donors (Lipinski definition) is 1. The van der Waals surface area contributed by atoms with Crippen LogP contribution in [0.4, 0.5) is 0 Å². The Balaban J connectivity index is 4.42. The maximum absolute atomic E-state index is 12.7. The van der Waals surface area contributed by atoms with Crippen molar-refractivity contribution in [1.82, 2.24) is 0 Å². The maximum atomic E-state index is 12.7. The van der Waals surface area contributed by atoms with Crippen LogP contribution in [0, 0.1) is 0 Å². The Labute approximate surface area is 349 Å². The second-order valence-corrected chi connectivity index (χ2v) is 20.1. The maximum Gasteiger partial charge on any atom is 0.472 e. The Morgan fingerprint density at radius 3 is 1.41 bits per heavy atom. The van der Waals surface area contributed by atoms with Crippen LogP contribution < -0.4 is 0 Å². The Morgan fingerprint density at radius 2 is 0.963 bits per heavy atom. The van der Waals surface area contributed by atoms with Gasteiger partial charge in [-0.1, -0.05) is 187 Å². The first-order valence-electron chi connectivity index (χ1n) is 21.8. The van der Waals surface area contributed by atoms with Crippen LogP contribution in [0.25, 0.3) is 0 Å². The number of unbranched alkanes of at least 4 members (excludes halogenated alkanes) is 21. The molecule has 12 heteroatoms. The van der Waals surface area contributed by atoms with Crippen molar-refractivity contribution in [2.75, 3.05) is 47.5 Å².